The number of hydrazone groups is 1. The molecule has 0 bridgehead atoms. The molecule has 2 aromatic carbocycles. The first-order chi connectivity index (χ1) is 14.2. The molecule has 0 saturated carbocycles. The van der Waals surface area contributed by atoms with Crippen LogP contribution in [0.3, 0.4) is 0 Å². The molecule has 0 aliphatic rings. The molecule has 0 unspecified atom stereocenters. The third-order valence-corrected chi connectivity index (χ3v) is 4.00. The second-order valence-corrected chi connectivity index (χ2v) is 5.98. The van der Waals surface area contributed by atoms with Crippen LogP contribution in [0.15, 0.2) is 64.5 Å². The van der Waals surface area contributed by atoms with Crippen molar-refractivity contribution < 1.29 is 9.47 Å². The highest BCUT2D eigenvalue weighted by Crippen LogP contribution is 2.28. The Balaban J connectivity index is 1.62. The molecule has 0 amide bonds. The molecule has 29 heavy (non-hydrogen) atoms. The highest BCUT2D eigenvalue weighted by atomic mass is 16.5. The van der Waals surface area contributed by atoms with Gasteiger partial charge in [0.2, 0.25) is 5.95 Å². The molecule has 0 saturated heterocycles. The molecule has 3 aromatic rings. The van der Waals surface area contributed by atoms with Crippen LogP contribution in [-0.2, 0) is 6.42 Å². The smallest absolute Gasteiger partial charge is 0.274 e. The van der Waals surface area contributed by atoms with Crippen LogP contribution in [-0.4, -0.2) is 35.6 Å². The number of nitrogens with one attached hydrogen (secondary N) is 2. The Kier molecular flexibility index (Phi) is 6.72. The lowest BCUT2D eigenvalue weighted by Crippen LogP contribution is -2.18. The van der Waals surface area contributed by atoms with Gasteiger partial charge in [0.05, 0.1) is 14.2 Å². The largest absolute Gasteiger partial charge is 0.493 e. The number of ether oxygens (including phenoxy) is 2. The third-order valence-electron chi connectivity index (χ3n) is 4.00. The number of H-pyrrole nitrogens is 1. The van der Waals surface area contributed by atoms with Crippen LogP contribution in [0.5, 0.6) is 11.5 Å². The van der Waals surface area contributed by atoms with Gasteiger partial charge >= 0.3 is 0 Å². The van der Waals surface area contributed by atoms with E-state index in [4.69, 9.17) is 9.47 Å². The molecule has 1 aromatic heterocycles. The van der Waals surface area contributed by atoms with Crippen molar-refractivity contribution in [3.63, 3.8) is 0 Å². The summed E-state index contributed by atoms with van der Waals surface area (Å²) in [5.41, 5.74) is 4.51. The predicted molar refractivity (Wildman–Crippen MR) is 113 cm³/mol. The van der Waals surface area contributed by atoms with Crippen LogP contribution < -0.4 is 20.5 Å². The van der Waals surface area contributed by atoms with Crippen LogP contribution in [0.1, 0.15) is 16.8 Å². The quantitative estimate of drug-likeness (QED) is 0.452. The van der Waals surface area contributed by atoms with E-state index in [0.29, 0.717) is 17.9 Å². The van der Waals surface area contributed by atoms with Gasteiger partial charge in [-0.25, -0.2) is 5.43 Å². The lowest BCUT2D eigenvalue weighted by atomic mass is 10.1. The number of hydrogen-bond donors (Lipinski definition) is 2. The number of methoxy groups -OCH3 is 2. The Bertz CT molecular complexity index is 1060. The predicted octanol–water partition coefficient (Wildman–Crippen LogP) is 2.88. The van der Waals surface area contributed by atoms with Gasteiger partial charge in [0, 0.05) is 12.6 Å². The van der Waals surface area contributed by atoms with Crippen molar-refractivity contribution in [2.24, 2.45) is 5.10 Å². The fourth-order valence-corrected chi connectivity index (χ4v) is 2.57. The molecule has 8 heteroatoms. The molecule has 0 atom stereocenters. The van der Waals surface area contributed by atoms with Crippen molar-refractivity contribution in [3.8, 4) is 11.5 Å². The van der Waals surface area contributed by atoms with E-state index < -0.39 is 0 Å². The molecular weight excluding hydrogens is 370 g/mol. The maximum Gasteiger partial charge on any atom is 0.274 e. The molecule has 2 N–H and O–H groups in total. The third kappa shape index (κ3) is 5.52. The second-order valence-electron chi connectivity index (χ2n) is 5.98. The number of rotatable bonds is 8. The first-order valence-corrected chi connectivity index (χ1v) is 8.87. The minimum absolute atomic E-state index is 0.162. The van der Waals surface area contributed by atoms with Crippen LogP contribution in [0.4, 0.5) is 5.95 Å². The highest BCUT2D eigenvalue weighted by molar-refractivity contribution is 5.78. The standard InChI is InChI=1S/C21H21N5O3/c1-28-18-11-10-16(14-19(18)29-2)13-17-20(27)23-21(26-24-17)25-22-12-6-9-15-7-4-3-5-8-15/h3-12,14H,13H2,1-2H3,(H2,23,25,26,27)/b9-6+,22-12+. The summed E-state index contributed by atoms with van der Waals surface area (Å²) in [5, 5.41) is 11.9. The van der Waals surface area contributed by atoms with E-state index >= 15 is 0 Å². The number of aromatic amines is 1. The molecular formula is C21H21N5O3. The number of allylic oxidation sites excluding steroid dienone is 1. The van der Waals surface area contributed by atoms with Gasteiger partial charge in [0.1, 0.15) is 5.69 Å². The molecule has 3 rings (SSSR count). The maximum atomic E-state index is 12.3. The minimum Gasteiger partial charge on any atom is -0.493 e. The van der Waals surface area contributed by atoms with E-state index in [0.717, 1.165) is 11.1 Å². The monoisotopic (exact) mass is 391 g/mol. The van der Waals surface area contributed by atoms with Crippen LogP contribution >= 0.6 is 0 Å². The number of hydrogen-bond acceptors (Lipinski definition) is 7. The zero-order valence-corrected chi connectivity index (χ0v) is 16.1. The van der Waals surface area contributed by atoms with Gasteiger partial charge in [0.25, 0.3) is 5.56 Å². The van der Waals surface area contributed by atoms with Gasteiger partial charge in [-0.15, -0.1) is 10.2 Å². The van der Waals surface area contributed by atoms with E-state index in [1.165, 1.54) is 0 Å². The van der Waals surface area contributed by atoms with Gasteiger partial charge in [-0.05, 0) is 29.3 Å². The first kappa shape index (κ1) is 19.8. The van der Waals surface area contributed by atoms with Gasteiger partial charge in [-0.2, -0.15) is 5.10 Å². The van der Waals surface area contributed by atoms with E-state index in [1.54, 1.807) is 38.6 Å². The van der Waals surface area contributed by atoms with E-state index in [9.17, 15) is 4.79 Å². The van der Waals surface area contributed by atoms with Crippen molar-refractivity contribution in [1.82, 2.24) is 15.2 Å². The second kappa shape index (κ2) is 9.84. The van der Waals surface area contributed by atoms with E-state index in [1.807, 2.05) is 42.5 Å². The van der Waals surface area contributed by atoms with Crippen molar-refractivity contribution >= 4 is 18.2 Å². The Hall–Kier alpha value is -3.94. The summed E-state index contributed by atoms with van der Waals surface area (Å²) >= 11 is 0. The summed E-state index contributed by atoms with van der Waals surface area (Å²) in [7, 11) is 3.13. The fraction of sp³-hybridized carbons (Fsp3) is 0.143. The summed E-state index contributed by atoms with van der Waals surface area (Å²) in [6, 6.07) is 15.3. The molecule has 148 valence electrons. The van der Waals surface area contributed by atoms with Gasteiger partial charge in [-0.3, -0.25) is 9.78 Å². The topological polar surface area (TPSA) is 101 Å². The van der Waals surface area contributed by atoms with E-state index in [-0.39, 0.29) is 17.2 Å². The average Bonchev–Trinajstić information content (AvgIpc) is 2.76. The van der Waals surface area contributed by atoms with Gasteiger partial charge in [0.15, 0.2) is 11.5 Å². The van der Waals surface area contributed by atoms with Crippen molar-refractivity contribution in [2.75, 3.05) is 19.6 Å². The highest BCUT2D eigenvalue weighted by Gasteiger charge is 2.09. The molecule has 0 aliphatic heterocycles. The molecule has 1 heterocycles. The van der Waals surface area contributed by atoms with Crippen molar-refractivity contribution in [2.45, 2.75) is 6.42 Å². The number of nitrogens with zero attached hydrogens (tertiary/aromatic N) is 3. The Morgan fingerprint density at radius 2 is 1.86 bits per heavy atom. The lowest BCUT2D eigenvalue weighted by Gasteiger charge is -2.09. The van der Waals surface area contributed by atoms with Gasteiger partial charge < -0.3 is 9.47 Å². The van der Waals surface area contributed by atoms with Crippen LogP contribution in [0.25, 0.3) is 6.08 Å². The zero-order valence-electron chi connectivity index (χ0n) is 16.1. The summed E-state index contributed by atoms with van der Waals surface area (Å²) in [4.78, 5) is 14.9. The summed E-state index contributed by atoms with van der Waals surface area (Å²) in [6.07, 6.45) is 5.56. The SMILES string of the molecule is COc1ccc(Cc2nnc(N/N=C/C=C/c3ccccc3)[nH]c2=O)cc1OC. The Morgan fingerprint density at radius 1 is 1.07 bits per heavy atom. The van der Waals surface area contributed by atoms with Crippen molar-refractivity contribution in [1.29, 1.82) is 0 Å². The van der Waals surface area contributed by atoms with Gasteiger partial charge in [-0.1, -0.05) is 42.5 Å². The molecule has 8 nitrogen and oxygen atoms in total. The first-order valence-electron chi connectivity index (χ1n) is 8.87. The van der Waals surface area contributed by atoms with E-state index in [2.05, 4.69) is 25.7 Å². The summed E-state index contributed by atoms with van der Waals surface area (Å²) < 4.78 is 10.5. The molecule has 0 radical (unpaired) electrons. The Labute approximate surface area is 167 Å². The van der Waals surface area contributed by atoms with Crippen LogP contribution in [0.2, 0.25) is 0 Å². The zero-order chi connectivity index (χ0) is 20.5. The number of aromatic nitrogens is 3. The summed E-state index contributed by atoms with van der Waals surface area (Å²) in [5.74, 6) is 1.37. The average molecular weight is 391 g/mol. The number of benzene rings is 2. The number of anilines is 1. The van der Waals surface area contributed by atoms with Crippen LogP contribution in [0, 0.1) is 0 Å². The summed E-state index contributed by atoms with van der Waals surface area (Å²) in [6.45, 7) is 0. The molecule has 0 spiro atoms. The fourth-order valence-electron chi connectivity index (χ4n) is 2.57. The normalized spacial score (nSPS) is 11.1. The van der Waals surface area contributed by atoms with Crippen molar-refractivity contribution in [3.05, 3.63) is 81.8 Å². The lowest BCUT2D eigenvalue weighted by molar-refractivity contribution is 0.354. The molecule has 0 aliphatic carbocycles. The maximum absolute atomic E-state index is 12.3. The molecule has 0 fully saturated rings. The Morgan fingerprint density at radius 3 is 2.59 bits per heavy atom. The minimum atomic E-state index is -0.340.